The van der Waals surface area contributed by atoms with Gasteiger partial charge in [0.25, 0.3) is 0 Å². The van der Waals surface area contributed by atoms with Gasteiger partial charge >= 0.3 is 6.36 Å². The van der Waals surface area contributed by atoms with Gasteiger partial charge in [-0.3, -0.25) is 0 Å². The maximum absolute atomic E-state index is 12.3. The summed E-state index contributed by atoms with van der Waals surface area (Å²) in [6.45, 7) is 0.138. The van der Waals surface area contributed by atoms with E-state index in [1.807, 2.05) is 0 Å². The lowest BCUT2D eigenvalue weighted by molar-refractivity contribution is -0.274. The number of anilines is 1. The molecule has 2 aromatic rings. The van der Waals surface area contributed by atoms with E-state index in [4.69, 9.17) is 11.6 Å². The highest BCUT2D eigenvalue weighted by Gasteiger charge is 2.32. The zero-order valence-electron chi connectivity index (χ0n) is 10.1. The number of aromatic nitrogens is 1. The molecular weight excluding hydrogens is 293 g/mol. The Kier molecular flexibility index (Phi) is 4.34. The Labute approximate surface area is 118 Å². The number of nitrogens with one attached hydrogen (secondary N) is 1. The molecule has 0 saturated carbocycles. The summed E-state index contributed by atoms with van der Waals surface area (Å²) in [7, 11) is 0. The van der Waals surface area contributed by atoms with E-state index in [2.05, 4.69) is 15.0 Å². The van der Waals surface area contributed by atoms with Crippen LogP contribution in [0.2, 0.25) is 5.02 Å². The normalized spacial score (nSPS) is 11.2. The predicted molar refractivity (Wildman–Crippen MR) is 69.7 cm³/mol. The quantitative estimate of drug-likeness (QED) is 0.917. The molecule has 1 N–H and O–H groups in total. The molecule has 0 aliphatic heterocycles. The van der Waals surface area contributed by atoms with Crippen molar-refractivity contribution in [3.05, 3.63) is 53.2 Å². The smallest absolute Gasteiger partial charge is 0.405 e. The van der Waals surface area contributed by atoms with Crippen LogP contribution in [0.15, 0.2) is 42.6 Å². The van der Waals surface area contributed by atoms with Gasteiger partial charge in [0.05, 0.1) is 0 Å². The first kappa shape index (κ1) is 14.5. The molecule has 0 aliphatic carbocycles. The molecule has 7 heteroatoms. The first-order valence-electron chi connectivity index (χ1n) is 5.63. The molecule has 106 valence electrons. The Morgan fingerprint density at radius 3 is 2.65 bits per heavy atom. The lowest BCUT2D eigenvalue weighted by Gasteiger charge is -2.14. The summed E-state index contributed by atoms with van der Waals surface area (Å²) >= 11 is 5.68. The lowest BCUT2D eigenvalue weighted by atomic mass is 10.2. The zero-order chi connectivity index (χ0) is 14.6. The van der Waals surface area contributed by atoms with Crippen molar-refractivity contribution in [2.45, 2.75) is 12.9 Å². The molecule has 0 spiro atoms. The molecular formula is C13H10ClF3N2O. The third-order valence-electron chi connectivity index (χ3n) is 2.38. The average molecular weight is 303 g/mol. The highest BCUT2D eigenvalue weighted by Crippen LogP contribution is 2.29. The van der Waals surface area contributed by atoms with Gasteiger partial charge in [-0.15, -0.1) is 13.2 Å². The molecule has 20 heavy (non-hydrogen) atoms. The molecule has 0 radical (unpaired) electrons. The fraction of sp³-hybridized carbons (Fsp3) is 0.154. The van der Waals surface area contributed by atoms with E-state index >= 15 is 0 Å². The summed E-state index contributed by atoms with van der Waals surface area (Å²) in [5.41, 5.74) is 0.331. The highest BCUT2D eigenvalue weighted by molar-refractivity contribution is 6.30. The standard InChI is InChI=1S/C13H10ClF3N2O/c14-10-5-4-9(11(7-10)20-13(15,16)17)8-19-12-3-1-2-6-18-12/h1-7H,8H2,(H,18,19). The van der Waals surface area contributed by atoms with E-state index in [1.54, 1.807) is 24.4 Å². The number of rotatable bonds is 4. The summed E-state index contributed by atoms with van der Waals surface area (Å²) in [6.07, 6.45) is -3.18. The number of alkyl halides is 3. The van der Waals surface area contributed by atoms with Crippen molar-refractivity contribution in [1.29, 1.82) is 0 Å². The van der Waals surface area contributed by atoms with Crippen LogP contribution in [0.5, 0.6) is 5.75 Å². The molecule has 0 saturated heterocycles. The Morgan fingerprint density at radius 2 is 2.00 bits per heavy atom. The third-order valence-corrected chi connectivity index (χ3v) is 2.61. The molecule has 3 nitrogen and oxygen atoms in total. The molecule has 0 aliphatic rings. The predicted octanol–water partition coefficient (Wildman–Crippen LogP) is 4.25. The van der Waals surface area contributed by atoms with Crippen LogP contribution >= 0.6 is 11.6 Å². The molecule has 0 amide bonds. The van der Waals surface area contributed by atoms with Crippen molar-refractivity contribution >= 4 is 17.4 Å². The summed E-state index contributed by atoms with van der Waals surface area (Å²) in [4.78, 5) is 4.02. The van der Waals surface area contributed by atoms with Crippen molar-refractivity contribution < 1.29 is 17.9 Å². The SMILES string of the molecule is FC(F)(F)Oc1cc(Cl)ccc1CNc1ccccn1. The summed E-state index contributed by atoms with van der Waals surface area (Å²) in [5.74, 6) is 0.230. The number of hydrogen-bond donors (Lipinski definition) is 1. The van der Waals surface area contributed by atoms with Crippen LogP contribution in [0, 0.1) is 0 Å². The maximum Gasteiger partial charge on any atom is 0.573 e. The van der Waals surface area contributed by atoms with Gasteiger partial charge < -0.3 is 10.1 Å². The van der Waals surface area contributed by atoms with Crippen LogP contribution in [0.25, 0.3) is 0 Å². The van der Waals surface area contributed by atoms with Gasteiger partial charge in [0.15, 0.2) is 0 Å². The van der Waals surface area contributed by atoms with Crippen LogP contribution < -0.4 is 10.1 Å². The van der Waals surface area contributed by atoms with Crippen LogP contribution in [0.3, 0.4) is 0 Å². The molecule has 1 heterocycles. The number of benzene rings is 1. The fourth-order valence-corrected chi connectivity index (χ4v) is 1.71. The summed E-state index contributed by atoms with van der Waals surface area (Å²) in [5, 5.41) is 3.08. The maximum atomic E-state index is 12.3. The van der Waals surface area contributed by atoms with E-state index in [0.29, 0.717) is 11.4 Å². The lowest BCUT2D eigenvalue weighted by Crippen LogP contribution is -2.18. The van der Waals surface area contributed by atoms with Crippen molar-refractivity contribution in [1.82, 2.24) is 4.98 Å². The number of hydrogen-bond acceptors (Lipinski definition) is 3. The minimum atomic E-state index is -4.76. The van der Waals surface area contributed by atoms with E-state index in [-0.39, 0.29) is 17.3 Å². The molecule has 1 aromatic carbocycles. The van der Waals surface area contributed by atoms with Gasteiger partial charge in [-0.05, 0) is 24.3 Å². The van der Waals surface area contributed by atoms with Crippen LogP contribution in [-0.4, -0.2) is 11.3 Å². The molecule has 2 rings (SSSR count). The molecule has 1 aromatic heterocycles. The van der Waals surface area contributed by atoms with Gasteiger partial charge in [-0.1, -0.05) is 23.7 Å². The Balaban J connectivity index is 2.14. The summed E-state index contributed by atoms with van der Waals surface area (Å²) < 4.78 is 40.9. The van der Waals surface area contributed by atoms with Gasteiger partial charge in [0, 0.05) is 23.3 Å². The van der Waals surface area contributed by atoms with Gasteiger partial charge in [0.2, 0.25) is 0 Å². The third kappa shape index (κ3) is 4.31. The largest absolute Gasteiger partial charge is 0.573 e. The van der Waals surface area contributed by atoms with E-state index < -0.39 is 6.36 Å². The second-order valence-electron chi connectivity index (χ2n) is 3.87. The first-order valence-corrected chi connectivity index (χ1v) is 6.01. The second kappa shape index (κ2) is 6.00. The Hall–Kier alpha value is -1.95. The second-order valence-corrected chi connectivity index (χ2v) is 4.30. The minimum absolute atomic E-state index is 0.138. The number of pyridine rings is 1. The Morgan fingerprint density at radius 1 is 1.20 bits per heavy atom. The molecule has 0 bridgehead atoms. The van der Waals surface area contributed by atoms with Crippen LogP contribution in [0.1, 0.15) is 5.56 Å². The van der Waals surface area contributed by atoms with Crippen molar-refractivity contribution in [3.8, 4) is 5.75 Å². The van der Waals surface area contributed by atoms with Crippen LogP contribution in [0.4, 0.5) is 19.0 Å². The average Bonchev–Trinajstić information content (AvgIpc) is 2.37. The number of halogens is 4. The fourth-order valence-electron chi connectivity index (χ4n) is 1.55. The van der Waals surface area contributed by atoms with Gasteiger partial charge in [-0.25, -0.2) is 4.98 Å². The minimum Gasteiger partial charge on any atom is -0.405 e. The first-order chi connectivity index (χ1) is 9.44. The number of ether oxygens (including phenoxy) is 1. The van der Waals surface area contributed by atoms with Crippen LogP contribution in [-0.2, 0) is 6.54 Å². The van der Waals surface area contributed by atoms with E-state index in [0.717, 1.165) is 6.07 Å². The Bertz CT molecular complexity index is 576. The van der Waals surface area contributed by atoms with Crippen molar-refractivity contribution in [2.75, 3.05) is 5.32 Å². The molecule has 0 unspecified atom stereocenters. The van der Waals surface area contributed by atoms with E-state index in [1.165, 1.54) is 12.1 Å². The van der Waals surface area contributed by atoms with E-state index in [9.17, 15) is 13.2 Å². The highest BCUT2D eigenvalue weighted by atomic mass is 35.5. The van der Waals surface area contributed by atoms with Gasteiger partial charge in [-0.2, -0.15) is 0 Å². The zero-order valence-corrected chi connectivity index (χ0v) is 10.9. The number of nitrogens with zero attached hydrogens (tertiary/aromatic N) is 1. The summed E-state index contributed by atoms with van der Waals surface area (Å²) in [6, 6.07) is 9.32. The molecule has 0 fully saturated rings. The van der Waals surface area contributed by atoms with Crippen molar-refractivity contribution in [3.63, 3.8) is 0 Å². The monoisotopic (exact) mass is 302 g/mol. The van der Waals surface area contributed by atoms with Crippen molar-refractivity contribution in [2.24, 2.45) is 0 Å². The molecule has 0 atom stereocenters. The topological polar surface area (TPSA) is 34.1 Å². The van der Waals surface area contributed by atoms with Gasteiger partial charge in [0.1, 0.15) is 11.6 Å².